The van der Waals surface area contributed by atoms with Crippen LogP contribution < -0.4 is 10.6 Å². The van der Waals surface area contributed by atoms with Gasteiger partial charge in [-0.15, -0.1) is 6.42 Å². The predicted octanol–water partition coefficient (Wildman–Crippen LogP) is 1.73. The molecule has 1 aliphatic rings. The molecule has 0 saturated heterocycles. The van der Waals surface area contributed by atoms with Gasteiger partial charge in [-0.25, -0.2) is 4.79 Å². The molecule has 0 spiro atoms. The van der Waals surface area contributed by atoms with Crippen LogP contribution in [0.2, 0.25) is 0 Å². The Morgan fingerprint density at radius 3 is 2.37 bits per heavy atom. The number of urea groups is 1. The van der Waals surface area contributed by atoms with Gasteiger partial charge in [0.1, 0.15) is 0 Å². The van der Waals surface area contributed by atoms with Crippen molar-refractivity contribution in [3.8, 4) is 12.3 Å². The Hall–Kier alpha value is -1.70. The van der Waals surface area contributed by atoms with Gasteiger partial charge in [0.2, 0.25) is 0 Å². The van der Waals surface area contributed by atoms with Gasteiger partial charge < -0.3 is 15.7 Å². The molecule has 1 fully saturated rings. The summed E-state index contributed by atoms with van der Waals surface area (Å²) in [4.78, 5) is 23.1. The summed E-state index contributed by atoms with van der Waals surface area (Å²) in [6.07, 6.45) is 9.36. The molecule has 0 atom stereocenters. The molecule has 3 N–H and O–H groups in total. The van der Waals surface area contributed by atoms with E-state index in [2.05, 4.69) is 16.6 Å². The van der Waals surface area contributed by atoms with E-state index in [1.807, 2.05) is 0 Å². The Labute approximate surface area is 114 Å². The topological polar surface area (TPSA) is 78.4 Å². The molecule has 0 aromatic carbocycles. The summed E-state index contributed by atoms with van der Waals surface area (Å²) in [7, 11) is 0. The summed E-state index contributed by atoms with van der Waals surface area (Å²) in [5.74, 6) is 1.62. The third-order valence-electron chi connectivity index (χ3n) is 3.64. The molecule has 2 amide bonds. The zero-order valence-corrected chi connectivity index (χ0v) is 11.6. The number of carboxylic acid groups (broad SMARTS) is 1. The Morgan fingerprint density at radius 1 is 1.32 bits per heavy atom. The molecule has 1 saturated carbocycles. The lowest BCUT2D eigenvalue weighted by Crippen LogP contribution is -2.51. The molecule has 19 heavy (non-hydrogen) atoms. The quantitative estimate of drug-likeness (QED) is 0.678. The molecule has 0 heterocycles. The highest BCUT2D eigenvalue weighted by molar-refractivity contribution is 5.78. The van der Waals surface area contributed by atoms with Gasteiger partial charge in [-0.05, 0) is 26.7 Å². The van der Waals surface area contributed by atoms with Crippen LogP contribution in [0.3, 0.4) is 0 Å². The molecule has 1 rings (SSSR count). The maximum absolute atomic E-state index is 11.7. The number of rotatable bonds is 4. The van der Waals surface area contributed by atoms with Crippen molar-refractivity contribution in [1.82, 2.24) is 10.6 Å². The molecule has 0 unspecified atom stereocenters. The van der Waals surface area contributed by atoms with Crippen LogP contribution in [0.1, 0.15) is 46.0 Å². The molecule has 106 valence electrons. The number of amides is 2. The van der Waals surface area contributed by atoms with Crippen molar-refractivity contribution in [1.29, 1.82) is 0 Å². The van der Waals surface area contributed by atoms with E-state index in [1.165, 1.54) is 0 Å². The molecule has 0 radical (unpaired) electrons. The molecule has 0 aromatic rings. The Bertz CT molecular complexity index is 390. The number of hydrogen-bond acceptors (Lipinski definition) is 2. The van der Waals surface area contributed by atoms with E-state index in [0.29, 0.717) is 12.8 Å². The average molecular weight is 266 g/mol. The second-order valence-corrected chi connectivity index (χ2v) is 5.72. The molecule has 1 aliphatic carbocycles. The summed E-state index contributed by atoms with van der Waals surface area (Å²) in [5.41, 5.74) is -1.57. The van der Waals surface area contributed by atoms with Crippen LogP contribution in [0.4, 0.5) is 4.79 Å². The van der Waals surface area contributed by atoms with E-state index < -0.39 is 23.0 Å². The van der Waals surface area contributed by atoms with Crippen LogP contribution in [0.15, 0.2) is 0 Å². The number of carbonyl (C=O) groups excluding carboxylic acids is 1. The Morgan fingerprint density at radius 2 is 1.89 bits per heavy atom. The number of carbonyl (C=O) groups is 2. The lowest BCUT2D eigenvalue weighted by Gasteiger charge is -2.33. The number of terminal acetylenes is 1. The summed E-state index contributed by atoms with van der Waals surface area (Å²) in [6, 6.07) is -0.422. The van der Waals surface area contributed by atoms with Crippen molar-refractivity contribution in [3.63, 3.8) is 0 Å². The third-order valence-corrected chi connectivity index (χ3v) is 3.64. The Balaban J connectivity index is 2.56. The van der Waals surface area contributed by atoms with Gasteiger partial charge >= 0.3 is 12.0 Å². The van der Waals surface area contributed by atoms with E-state index in [4.69, 9.17) is 6.42 Å². The van der Waals surface area contributed by atoms with Crippen LogP contribution in [-0.2, 0) is 4.79 Å². The molecule has 0 aromatic heterocycles. The normalized spacial score (nSPS) is 18.2. The fourth-order valence-corrected chi connectivity index (χ4v) is 2.31. The molecule has 5 nitrogen and oxygen atoms in total. The average Bonchev–Trinajstić information content (AvgIpc) is 2.37. The van der Waals surface area contributed by atoms with Gasteiger partial charge in [0, 0.05) is 6.54 Å². The maximum atomic E-state index is 11.7. The SMILES string of the molecule is C#CC(C)(C)NC(=O)NCC1(C(=O)O)CCCCC1. The monoisotopic (exact) mass is 266 g/mol. The summed E-state index contributed by atoms with van der Waals surface area (Å²) in [5, 5.41) is 14.6. The lowest BCUT2D eigenvalue weighted by atomic mass is 9.74. The van der Waals surface area contributed by atoms with Crippen molar-refractivity contribution in [2.45, 2.75) is 51.5 Å². The van der Waals surface area contributed by atoms with Gasteiger partial charge in [0.15, 0.2) is 0 Å². The van der Waals surface area contributed by atoms with E-state index in [1.54, 1.807) is 13.8 Å². The third kappa shape index (κ3) is 4.16. The van der Waals surface area contributed by atoms with E-state index in [9.17, 15) is 14.7 Å². The van der Waals surface area contributed by atoms with Crippen molar-refractivity contribution < 1.29 is 14.7 Å². The van der Waals surface area contributed by atoms with Crippen LogP contribution in [0, 0.1) is 17.8 Å². The zero-order chi connectivity index (χ0) is 14.5. The van der Waals surface area contributed by atoms with E-state index in [-0.39, 0.29) is 6.54 Å². The van der Waals surface area contributed by atoms with E-state index in [0.717, 1.165) is 19.3 Å². The molecular formula is C14H22N2O3. The summed E-state index contributed by atoms with van der Waals surface area (Å²) >= 11 is 0. The van der Waals surface area contributed by atoms with Crippen molar-refractivity contribution in [2.24, 2.45) is 5.41 Å². The van der Waals surface area contributed by atoms with Crippen LogP contribution in [0.25, 0.3) is 0 Å². The zero-order valence-electron chi connectivity index (χ0n) is 11.6. The highest BCUT2D eigenvalue weighted by atomic mass is 16.4. The minimum atomic E-state index is -0.830. The first-order valence-corrected chi connectivity index (χ1v) is 6.58. The largest absolute Gasteiger partial charge is 0.481 e. The summed E-state index contributed by atoms with van der Waals surface area (Å²) < 4.78 is 0. The molecule has 0 aliphatic heterocycles. The second-order valence-electron chi connectivity index (χ2n) is 5.72. The number of nitrogens with one attached hydrogen (secondary N) is 2. The molecule has 5 heteroatoms. The highest BCUT2D eigenvalue weighted by Gasteiger charge is 2.39. The van der Waals surface area contributed by atoms with Crippen LogP contribution in [-0.4, -0.2) is 29.2 Å². The van der Waals surface area contributed by atoms with Gasteiger partial charge in [0.25, 0.3) is 0 Å². The highest BCUT2D eigenvalue weighted by Crippen LogP contribution is 2.35. The number of carboxylic acids is 1. The van der Waals surface area contributed by atoms with Crippen molar-refractivity contribution in [3.05, 3.63) is 0 Å². The van der Waals surface area contributed by atoms with E-state index >= 15 is 0 Å². The molecule has 0 bridgehead atoms. The van der Waals surface area contributed by atoms with Gasteiger partial charge in [-0.3, -0.25) is 4.79 Å². The Kier molecular flexibility index (Phi) is 4.82. The number of aliphatic carboxylic acids is 1. The van der Waals surface area contributed by atoms with Gasteiger partial charge in [0.05, 0.1) is 11.0 Å². The molecular weight excluding hydrogens is 244 g/mol. The van der Waals surface area contributed by atoms with Gasteiger partial charge in [-0.1, -0.05) is 25.2 Å². The first-order chi connectivity index (χ1) is 8.81. The smallest absolute Gasteiger partial charge is 0.315 e. The minimum absolute atomic E-state index is 0.148. The second kappa shape index (κ2) is 5.96. The first kappa shape index (κ1) is 15.4. The fraction of sp³-hybridized carbons (Fsp3) is 0.714. The van der Waals surface area contributed by atoms with Crippen LogP contribution in [0.5, 0.6) is 0 Å². The fourth-order valence-electron chi connectivity index (χ4n) is 2.31. The standard InChI is InChI=1S/C14H22N2O3/c1-4-13(2,3)16-12(19)15-10-14(11(17)18)8-6-5-7-9-14/h1H,5-10H2,2-3H3,(H,17,18)(H2,15,16,19). The predicted molar refractivity (Wildman–Crippen MR) is 72.6 cm³/mol. The number of hydrogen-bond donors (Lipinski definition) is 3. The summed E-state index contributed by atoms with van der Waals surface area (Å²) in [6.45, 7) is 3.56. The lowest BCUT2D eigenvalue weighted by molar-refractivity contribution is -0.150. The minimum Gasteiger partial charge on any atom is -0.481 e. The van der Waals surface area contributed by atoms with Gasteiger partial charge in [-0.2, -0.15) is 0 Å². The van der Waals surface area contributed by atoms with Crippen molar-refractivity contribution >= 4 is 12.0 Å². The maximum Gasteiger partial charge on any atom is 0.315 e. The van der Waals surface area contributed by atoms with Crippen molar-refractivity contribution in [2.75, 3.05) is 6.54 Å². The van der Waals surface area contributed by atoms with Crippen LogP contribution >= 0.6 is 0 Å². The first-order valence-electron chi connectivity index (χ1n) is 6.58.